The molecule has 2 aliphatic heterocycles. The minimum absolute atomic E-state index is 0.479. The van der Waals surface area contributed by atoms with Crippen LogP contribution in [0.2, 0.25) is 0 Å². The molecule has 32 heavy (non-hydrogen) atoms. The third-order valence-electron chi connectivity index (χ3n) is 8.46. The van der Waals surface area contributed by atoms with Crippen molar-refractivity contribution in [2.45, 2.75) is 50.9 Å². The zero-order chi connectivity index (χ0) is 21.9. The first-order valence-electron chi connectivity index (χ1n) is 12.7. The Labute approximate surface area is 194 Å². The Kier molecular flexibility index (Phi) is 6.94. The maximum atomic E-state index is 6.21. The average molecular weight is 433 g/mol. The zero-order valence-electron chi connectivity index (χ0n) is 19.4. The Morgan fingerprint density at radius 2 is 0.844 bits per heavy atom. The molecule has 2 aromatic rings. The summed E-state index contributed by atoms with van der Waals surface area (Å²) in [6.45, 7) is 7.00. The Balaban J connectivity index is 0.000000135. The van der Waals surface area contributed by atoms with Crippen LogP contribution in [-0.2, 0) is 13.1 Å². The lowest BCUT2D eigenvalue weighted by Gasteiger charge is -2.36. The highest BCUT2D eigenvalue weighted by Crippen LogP contribution is 2.37. The molecule has 2 saturated carbocycles. The predicted molar refractivity (Wildman–Crippen MR) is 132 cm³/mol. The third kappa shape index (κ3) is 5.09. The monoisotopic (exact) mass is 432 g/mol. The molecule has 4 bridgehead atoms. The fourth-order valence-corrected chi connectivity index (χ4v) is 6.67. The summed E-state index contributed by atoms with van der Waals surface area (Å²) >= 11 is 0. The second-order valence-corrected chi connectivity index (χ2v) is 10.7. The van der Waals surface area contributed by atoms with Crippen LogP contribution in [0.5, 0.6) is 0 Å². The molecule has 2 saturated heterocycles. The molecule has 2 aliphatic carbocycles. The molecule has 2 heterocycles. The molecule has 4 fully saturated rings. The minimum Gasteiger partial charge on any atom is -0.327 e. The Morgan fingerprint density at radius 3 is 1.16 bits per heavy atom. The molecule has 4 atom stereocenters. The van der Waals surface area contributed by atoms with Gasteiger partial charge in [0.25, 0.3) is 0 Å². The van der Waals surface area contributed by atoms with Gasteiger partial charge in [-0.1, -0.05) is 60.7 Å². The summed E-state index contributed by atoms with van der Waals surface area (Å²) in [5.74, 6) is 3.01. The van der Waals surface area contributed by atoms with E-state index in [4.69, 9.17) is 11.5 Å². The van der Waals surface area contributed by atoms with Crippen LogP contribution in [-0.4, -0.2) is 48.1 Å². The van der Waals surface area contributed by atoms with Crippen molar-refractivity contribution in [1.29, 1.82) is 0 Å². The minimum atomic E-state index is 0.479. The van der Waals surface area contributed by atoms with Crippen LogP contribution in [0, 0.1) is 23.7 Å². The molecule has 4 unspecified atom stereocenters. The van der Waals surface area contributed by atoms with Crippen LogP contribution in [0.1, 0.15) is 36.8 Å². The van der Waals surface area contributed by atoms with E-state index in [1.165, 1.54) is 63.0 Å². The summed E-state index contributed by atoms with van der Waals surface area (Å²) in [6.07, 6.45) is 5.38. The summed E-state index contributed by atoms with van der Waals surface area (Å²) in [5.41, 5.74) is 15.3. The number of likely N-dealkylation sites (tertiary alicyclic amines) is 2. The summed E-state index contributed by atoms with van der Waals surface area (Å²) in [5, 5.41) is 0. The van der Waals surface area contributed by atoms with E-state index in [-0.39, 0.29) is 0 Å². The number of nitrogens with two attached hydrogens (primary N) is 2. The van der Waals surface area contributed by atoms with Gasteiger partial charge in [0.15, 0.2) is 0 Å². The van der Waals surface area contributed by atoms with Crippen molar-refractivity contribution in [3.05, 3.63) is 71.8 Å². The lowest BCUT2D eigenvalue weighted by atomic mass is 9.93. The molecule has 0 amide bonds. The summed E-state index contributed by atoms with van der Waals surface area (Å²) in [4.78, 5) is 5.17. The quantitative estimate of drug-likeness (QED) is 0.773. The van der Waals surface area contributed by atoms with Gasteiger partial charge in [-0.05, 0) is 60.5 Å². The number of rotatable bonds is 4. The predicted octanol–water partition coefficient (Wildman–Crippen LogP) is 3.71. The fraction of sp³-hybridized carbons (Fsp3) is 0.571. The van der Waals surface area contributed by atoms with Crippen molar-refractivity contribution >= 4 is 0 Å². The standard InChI is InChI=1S/2C14H20N2/c2*15-14-12-6-7-13(14)10-16(9-12)8-11-4-2-1-3-5-11/h2*1-5,12-14H,6-10,15H2. The van der Waals surface area contributed by atoms with E-state index in [1.807, 2.05) is 0 Å². The van der Waals surface area contributed by atoms with Crippen molar-refractivity contribution in [2.24, 2.45) is 35.1 Å². The van der Waals surface area contributed by atoms with Crippen molar-refractivity contribution in [1.82, 2.24) is 9.80 Å². The molecular weight excluding hydrogens is 392 g/mol. The number of piperidine rings is 2. The van der Waals surface area contributed by atoms with Gasteiger partial charge in [0.1, 0.15) is 0 Å². The van der Waals surface area contributed by atoms with E-state index in [0.717, 1.165) is 36.8 Å². The van der Waals surface area contributed by atoms with Gasteiger partial charge in [0.2, 0.25) is 0 Å². The first-order chi connectivity index (χ1) is 15.7. The Bertz CT molecular complexity index is 742. The topological polar surface area (TPSA) is 58.5 Å². The van der Waals surface area contributed by atoms with Crippen molar-refractivity contribution in [3.8, 4) is 0 Å². The highest BCUT2D eigenvalue weighted by molar-refractivity contribution is 5.16. The van der Waals surface area contributed by atoms with Gasteiger partial charge in [-0.2, -0.15) is 0 Å². The van der Waals surface area contributed by atoms with Crippen molar-refractivity contribution < 1.29 is 0 Å². The second-order valence-electron chi connectivity index (χ2n) is 10.7. The van der Waals surface area contributed by atoms with Crippen LogP contribution < -0.4 is 11.5 Å². The van der Waals surface area contributed by atoms with E-state index in [2.05, 4.69) is 70.5 Å². The van der Waals surface area contributed by atoms with Crippen LogP contribution >= 0.6 is 0 Å². The summed E-state index contributed by atoms with van der Waals surface area (Å²) < 4.78 is 0. The first-order valence-corrected chi connectivity index (χ1v) is 12.7. The number of fused-ring (bicyclic) bond motifs is 4. The van der Waals surface area contributed by atoms with E-state index < -0.39 is 0 Å². The lowest BCUT2D eigenvalue weighted by Crippen LogP contribution is -2.48. The normalized spacial score (nSPS) is 34.2. The number of hydrogen-bond donors (Lipinski definition) is 2. The summed E-state index contributed by atoms with van der Waals surface area (Å²) in [6, 6.07) is 22.5. The van der Waals surface area contributed by atoms with E-state index in [1.54, 1.807) is 0 Å². The molecule has 4 N–H and O–H groups in total. The molecule has 4 heteroatoms. The molecule has 4 nitrogen and oxygen atoms in total. The smallest absolute Gasteiger partial charge is 0.0233 e. The lowest BCUT2D eigenvalue weighted by molar-refractivity contribution is 0.140. The van der Waals surface area contributed by atoms with Gasteiger partial charge in [0, 0.05) is 51.4 Å². The SMILES string of the molecule is NC1C2CCC1CN(Cc1ccccc1)C2.NC1C2CCC1CN(Cc1ccccc1)C2. The summed E-state index contributed by atoms with van der Waals surface area (Å²) in [7, 11) is 0. The van der Waals surface area contributed by atoms with Gasteiger partial charge in [-0.15, -0.1) is 0 Å². The molecule has 2 aromatic carbocycles. The van der Waals surface area contributed by atoms with Gasteiger partial charge in [-0.3, -0.25) is 9.80 Å². The van der Waals surface area contributed by atoms with Gasteiger partial charge < -0.3 is 11.5 Å². The van der Waals surface area contributed by atoms with Crippen LogP contribution in [0.3, 0.4) is 0 Å². The third-order valence-corrected chi connectivity index (χ3v) is 8.46. The number of nitrogens with zero attached hydrogens (tertiary/aromatic N) is 2. The van der Waals surface area contributed by atoms with Crippen LogP contribution in [0.25, 0.3) is 0 Å². The second kappa shape index (κ2) is 10.0. The Morgan fingerprint density at radius 1 is 0.531 bits per heavy atom. The van der Waals surface area contributed by atoms with E-state index in [9.17, 15) is 0 Å². The average Bonchev–Trinajstić information content (AvgIpc) is 3.14. The molecular formula is C28H40N4. The molecule has 0 spiro atoms. The first kappa shape index (κ1) is 22.1. The van der Waals surface area contributed by atoms with Crippen LogP contribution in [0.15, 0.2) is 60.7 Å². The molecule has 172 valence electrons. The van der Waals surface area contributed by atoms with Gasteiger partial charge >= 0.3 is 0 Å². The molecule has 6 rings (SSSR count). The van der Waals surface area contributed by atoms with Crippen molar-refractivity contribution in [3.63, 3.8) is 0 Å². The van der Waals surface area contributed by atoms with Crippen molar-refractivity contribution in [2.75, 3.05) is 26.2 Å². The molecule has 0 aromatic heterocycles. The molecule has 4 aliphatic rings. The fourth-order valence-electron chi connectivity index (χ4n) is 6.67. The highest BCUT2D eigenvalue weighted by atomic mass is 15.2. The zero-order valence-corrected chi connectivity index (χ0v) is 19.4. The molecule has 0 radical (unpaired) electrons. The number of benzene rings is 2. The van der Waals surface area contributed by atoms with Gasteiger partial charge in [-0.25, -0.2) is 0 Å². The van der Waals surface area contributed by atoms with Gasteiger partial charge in [0.05, 0.1) is 0 Å². The maximum Gasteiger partial charge on any atom is 0.0233 e. The van der Waals surface area contributed by atoms with E-state index >= 15 is 0 Å². The largest absolute Gasteiger partial charge is 0.327 e. The van der Waals surface area contributed by atoms with Crippen LogP contribution in [0.4, 0.5) is 0 Å². The van der Waals surface area contributed by atoms with E-state index in [0.29, 0.717) is 12.1 Å². The number of hydrogen-bond acceptors (Lipinski definition) is 4. The Hall–Kier alpha value is -1.72. The highest BCUT2D eigenvalue weighted by Gasteiger charge is 2.40. The maximum absolute atomic E-state index is 6.21.